The van der Waals surface area contributed by atoms with Gasteiger partial charge in [-0.3, -0.25) is 0 Å². The van der Waals surface area contributed by atoms with Gasteiger partial charge in [0.2, 0.25) is 0 Å². The fourth-order valence-electron chi connectivity index (χ4n) is 1.86. The first-order valence-corrected chi connectivity index (χ1v) is 6.81. The fourth-order valence-corrected chi connectivity index (χ4v) is 1.86. The molecule has 0 heterocycles. The van der Waals surface area contributed by atoms with Crippen LogP contribution < -0.4 is 5.73 Å². The first-order chi connectivity index (χ1) is 9.16. The van der Waals surface area contributed by atoms with Gasteiger partial charge in [0, 0.05) is 0 Å². The maximum atomic E-state index is 8.25. The number of unbranched alkanes of at least 4 members (excludes halogenated alkanes) is 5. The molecule has 0 bridgehead atoms. The van der Waals surface area contributed by atoms with E-state index in [2.05, 4.69) is 36.1 Å². The first-order valence-electron chi connectivity index (χ1n) is 6.81. The van der Waals surface area contributed by atoms with Gasteiger partial charge >= 0.3 is 0 Å². The van der Waals surface area contributed by atoms with Gasteiger partial charge in [0.05, 0.1) is 11.6 Å². The maximum absolute atomic E-state index is 8.25. The summed E-state index contributed by atoms with van der Waals surface area (Å²) in [6.45, 7) is 1.10. The molecule has 108 valence electrons. The molecule has 0 fully saturated rings. The summed E-state index contributed by atoms with van der Waals surface area (Å²) in [6.07, 6.45) is 9.43. The van der Waals surface area contributed by atoms with Crippen LogP contribution in [-0.4, -0.2) is 11.6 Å². The van der Waals surface area contributed by atoms with Gasteiger partial charge in [-0.2, -0.15) is 0 Å². The van der Waals surface area contributed by atoms with Crippen molar-refractivity contribution in [3.8, 4) is 0 Å². The highest BCUT2D eigenvalue weighted by atomic mass is 16.9. The van der Waals surface area contributed by atoms with E-state index in [1.165, 1.54) is 50.5 Å². The van der Waals surface area contributed by atoms with E-state index < -0.39 is 5.09 Å². The Balaban J connectivity index is 0.000000711. The van der Waals surface area contributed by atoms with Gasteiger partial charge in [-0.1, -0.05) is 49.6 Å². The van der Waals surface area contributed by atoms with Crippen LogP contribution in [0.25, 0.3) is 0 Å². The van der Waals surface area contributed by atoms with Crippen LogP contribution in [0.3, 0.4) is 0 Å². The van der Waals surface area contributed by atoms with Crippen molar-refractivity contribution < 1.29 is 10.8 Å². The van der Waals surface area contributed by atoms with E-state index in [4.69, 9.17) is 15.3 Å². The van der Waals surface area contributed by atoms with Gasteiger partial charge in [-0.05, 0) is 31.2 Å². The van der Waals surface area contributed by atoms with Crippen LogP contribution in [0, 0.1) is 15.3 Å². The highest BCUT2D eigenvalue weighted by Gasteiger charge is 1.93. The second-order valence-corrected chi connectivity index (χ2v) is 4.43. The third-order valence-corrected chi connectivity index (χ3v) is 2.81. The zero-order valence-electron chi connectivity index (χ0n) is 11.4. The number of quaternary nitrogens is 1. The number of nitrogens with zero attached hydrogens (tertiary/aromatic N) is 1. The Hall–Kier alpha value is -1.62. The van der Waals surface area contributed by atoms with E-state index in [0.29, 0.717) is 0 Å². The highest BCUT2D eigenvalue weighted by Crippen LogP contribution is 2.09. The third kappa shape index (κ3) is 14.3. The molecule has 0 atom stereocenters. The highest BCUT2D eigenvalue weighted by molar-refractivity contribution is 5.14. The molecule has 0 radical (unpaired) electrons. The minimum atomic E-state index is -1.75. The summed E-state index contributed by atoms with van der Waals surface area (Å²) >= 11 is 0. The predicted molar refractivity (Wildman–Crippen MR) is 76.0 cm³/mol. The second kappa shape index (κ2) is 12.8. The summed E-state index contributed by atoms with van der Waals surface area (Å²) in [4.78, 5) is 8.25. The van der Waals surface area contributed by atoms with Gasteiger partial charge in [0.25, 0.3) is 0 Å². The summed E-state index contributed by atoms with van der Waals surface area (Å²) in [6, 6.07) is 10.8. The molecule has 0 saturated heterocycles. The average molecular weight is 268 g/mol. The van der Waals surface area contributed by atoms with Gasteiger partial charge in [-0.15, -0.1) is 0 Å². The Morgan fingerprint density at radius 3 is 1.89 bits per heavy atom. The lowest BCUT2D eigenvalue weighted by molar-refractivity contribution is -0.402. The number of hydrogen-bond donors (Lipinski definition) is 1. The molecule has 0 amide bonds. The largest absolute Gasteiger partial charge is 0.358 e. The lowest BCUT2D eigenvalue weighted by Gasteiger charge is -2.01. The third-order valence-electron chi connectivity index (χ3n) is 2.81. The second-order valence-electron chi connectivity index (χ2n) is 4.43. The molecule has 0 aromatic heterocycles. The fraction of sp³-hybridized carbons (Fsp3) is 0.571. The normalized spacial score (nSPS) is 9.53. The van der Waals surface area contributed by atoms with Crippen LogP contribution in [0.4, 0.5) is 0 Å². The molecule has 0 aliphatic carbocycles. The summed E-state index contributed by atoms with van der Waals surface area (Å²) in [5, 5.41) is 14.8. The molecule has 3 N–H and O–H groups in total. The molecule has 0 aliphatic heterocycles. The summed E-state index contributed by atoms with van der Waals surface area (Å²) in [5.74, 6) is 0. The minimum absolute atomic E-state index is 1.10. The first kappa shape index (κ1) is 17.4. The Morgan fingerprint density at radius 1 is 0.895 bits per heavy atom. The quantitative estimate of drug-likeness (QED) is 0.446. The van der Waals surface area contributed by atoms with Crippen LogP contribution in [0.15, 0.2) is 30.3 Å². The van der Waals surface area contributed by atoms with E-state index in [-0.39, 0.29) is 0 Å². The molecule has 0 unspecified atom stereocenters. The maximum Gasteiger partial charge on any atom is 0.0739 e. The number of aryl methyl sites for hydroxylation is 1. The van der Waals surface area contributed by atoms with Gasteiger partial charge in [0.15, 0.2) is 0 Å². The number of rotatable bonds is 8. The number of hydrogen-bond acceptors (Lipinski definition) is 3. The van der Waals surface area contributed by atoms with Crippen LogP contribution in [0.5, 0.6) is 0 Å². The molecule has 1 aromatic carbocycles. The summed E-state index contributed by atoms with van der Waals surface area (Å²) < 4.78 is 0. The molecule has 5 nitrogen and oxygen atoms in total. The van der Waals surface area contributed by atoms with Crippen molar-refractivity contribution in [2.24, 2.45) is 0 Å². The molecule has 1 rings (SSSR count). The number of benzene rings is 1. The SMILES string of the molecule is O=[N+]([O-])[O-].[NH3+]CCCCCCCCc1ccccc1. The lowest BCUT2D eigenvalue weighted by Crippen LogP contribution is -2.50. The van der Waals surface area contributed by atoms with Crippen LogP contribution >= 0.6 is 0 Å². The van der Waals surface area contributed by atoms with Crippen molar-refractivity contribution in [1.29, 1.82) is 0 Å². The van der Waals surface area contributed by atoms with Crippen molar-refractivity contribution in [3.05, 3.63) is 51.2 Å². The Labute approximate surface area is 114 Å². The standard InChI is InChI=1S/C14H23N.NO3/c15-13-9-4-2-1-3-6-10-14-11-7-5-8-12-14;2-1(3)4/h5,7-8,11-12H,1-4,6,9-10,13,15H2;/q;-1/p+1. The molecular formula is C14H24N2O3. The van der Waals surface area contributed by atoms with Crippen molar-refractivity contribution in [1.82, 2.24) is 0 Å². The van der Waals surface area contributed by atoms with Crippen molar-refractivity contribution in [2.75, 3.05) is 6.54 Å². The molecular weight excluding hydrogens is 244 g/mol. The molecule has 0 spiro atoms. The van der Waals surface area contributed by atoms with Crippen LogP contribution in [0.1, 0.15) is 44.1 Å². The lowest BCUT2D eigenvalue weighted by atomic mass is 10.1. The van der Waals surface area contributed by atoms with Crippen molar-refractivity contribution in [2.45, 2.75) is 44.9 Å². The molecule has 1 aromatic rings. The van der Waals surface area contributed by atoms with Crippen LogP contribution in [-0.2, 0) is 6.42 Å². The Kier molecular flexibility index (Phi) is 11.7. The summed E-state index contributed by atoms with van der Waals surface area (Å²) in [5.41, 5.74) is 5.34. The topological polar surface area (TPSA) is 93.8 Å². The van der Waals surface area contributed by atoms with E-state index in [1.807, 2.05) is 0 Å². The van der Waals surface area contributed by atoms with Crippen molar-refractivity contribution in [3.63, 3.8) is 0 Å². The molecule has 0 aliphatic rings. The smallest absolute Gasteiger partial charge is 0.0739 e. The Bertz CT molecular complexity index is 314. The minimum Gasteiger partial charge on any atom is -0.358 e. The zero-order chi connectivity index (χ0) is 14.3. The van der Waals surface area contributed by atoms with Crippen molar-refractivity contribution >= 4 is 0 Å². The summed E-state index contributed by atoms with van der Waals surface area (Å²) in [7, 11) is 0. The molecule has 19 heavy (non-hydrogen) atoms. The van der Waals surface area contributed by atoms with Gasteiger partial charge in [-0.25, -0.2) is 0 Å². The van der Waals surface area contributed by atoms with Crippen LogP contribution in [0.2, 0.25) is 0 Å². The van der Waals surface area contributed by atoms with E-state index in [0.717, 1.165) is 6.54 Å². The zero-order valence-corrected chi connectivity index (χ0v) is 11.4. The van der Waals surface area contributed by atoms with E-state index >= 15 is 0 Å². The molecule has 5 heteroatoms. The molecule has 0 saturated carbocycles. The van der Waals surface area contributed by atoms with Gasteiger partial charge in [0.1, 0.15) is 0 Å². The van der Waals surface area contributed by atoms with E-state index in [9.17, 15) is 0 Å². The Morgan fingerprint density at radius 2 is 1.37 bits per heavy atom. The monoisotopic (exact) mass is 268 g/mol. The van der Waals surface area contributed by atoms with Gasteiger partial charge < -0.3 is 21.1 Å². The predicted octanol–water partition coefficient (Wildman–Crippen LogP) is 2.57. The average Bonchev–Trinajstić information content (AvgIpc) is 2.38. The van der Waals surface area contributed by atoms with E-state index in [1.54, 1.807) is 0 Å².